The van der Waals surface area contributed by atoms with Crippen LogP contribution in [0.1, 0.15) is 29.4 Å². The molecule has 0 aliphatic rings. The fourth-order valence-electron chi connectivity index (χ4n) is 3.15. The fraction of sp³-hybridized carbons (Fsp3) is 0.350. The van der Waals surface area contributed by atoms with E-state index in [-0.39, 0.29) is 18.5 Å². The summed E-state index contributed by atoms with van der Waals surface area (Å²) in [5.41, 5.74) is 2.61. The van der Waals surface area contributed by atoms with E-state index >= 15 is 0 Å². The van der Waals surface area contributed by atoms with Crippen LogP contribution in [0.4, 0.5) is 8.78 Å². The molecule has 0 radical (unpaired) electrons. The standard InChI is InChI=1S/C20H21F2N5O3/c1-12-14(8-18(29)30)5-6-15(23-12)19-16(26(3)25-24-19)11-27-10-13(4-7-17(27)28)9-20(2,21)22/h4-7,10H,8-9,11H2,1-3H3,(H,29,30). The third-order valence-electron chi connectivity index (χ3n) is 4.60. The molecule has 1 N–H and O–H groups in total. The van der Waals surface area contributed by atoms with Gasteiger partial charge in [0.1, 0.15) is 5.69 Å². The number of aliphatic carboxylic acids is 1. The van der Waals surface area contributed by atoms with Crippen molar-refractivity contribution in [2.24, 2.45) is 7.05 Å². The number of hydrogen-bond donors (Lipinski definition) is 1. The van der Waals surface area contributed by atoms with Crippen LogP contribution in [0.15, 0.2) is 35.3 Å². The van der Waals surface area contributed by atoms with Crippen LogP contribution in [0.25, 0.3) is 11.4 Å². The molecule has 0 aromatic carbocycles. The van der Waals surface area contributed by atoms with Crippen molar-refractivity contribution in [3.05, 3.63) is 63.3 Å². The molecular formula is C20H21F2N5O3. The summed E-state index contributed by atoms with van der Waals surface area (Å²) >= 11 is 0. The summed E-state index contributed by atoms with van der Waals surface area (Å²) in [5.74, 6) is -3.84. The maximum Gasteiger partial charge on any atom is 0.307 e. The highest BCUT2D eigenvalue weighted by Crippen LogP contribution is 2.22. The summed E-state index contributed by atoms with van der Waals surface area (Å²) in [6.45, 7) is 2.60. The summed E-state index contributed by atoms with van der Waals surface area (Å²) in [4.78, 5) is 27.7. The van der Waals surface area contributed by atoms with Crippen molar-refractivity contribution in [1.82, 2.24) is 24.5 Å². The van der Waals surface area contributed by atoms with Gasteiger partial charge in [0.15, 0.2) is 0 Å². The molecule has 0 aliphatic carbocycles. The van der Waals surface area contributed by atoms with Gasteiger partial charge in [-0.1, -0.05) is 17.3 Å². The molecule has 3 heterocycles. The predicted octanol–water partition coefficient (Wildman–Crippen LogP) is 2.22. The predicted molar refractivity (Wildman–Crippen MR) is 104 cm³/mol. The molecule has 3 rings (SSSR count). The Hall–Kier alpha value is -3.43. The number of hydrogen-bond acceptors (Lipinski definition) is 5. The number of carboxylic acids is 1. The molecule has 3 aromatic heterocycles. The zero-order valence-electron chi connectivity index (χ0n) is 16.8. The van der Waals surface area contributed by atoms with Crippen molar-refractivity contribution >= 4 is 5.97 Å². The number of pyridine rings is 2. The minimum atomic E-state index is -2.89. The first-order valence-corrected chi connectivity index (χ1v) is 9.18. The monoisotopic (exact) mass is 417 g/mol. The molecule has 0 saturated carbocycles. The molecule has 0 fully saturated rings. The Morgan fingerprint density at radius 2 is 1.97 bits per heavy atom. The second kappa shape index (κ2) is 8.13. The molecule has 30 heavy (non-hydrogen) atoms. The minimum absolute atomic E-state index is 0.0679. The highest BCUT2D eigenvalue weighted by Gasteiger charge is 2.22. The van der Waals surface area contributed by atoms with Crippen LogP contribution < -0.4 is 5.56 Å². The molecule has 10 heteroatoms. The lowest BCUT2D eigenvalue weighted by Crippen LogP contribution is -2.23. The van der Waals surface area contributed by atoms with Gasteiger partial charge < -0.3 is 9.67 Å². The van der Waals surface area contributed by atoms with Gasteiger partial charge >= 0.3 is 5.97 Å². The number of alkyl halides is 2. The first-order chi connectivity index (χ1) is 14.0. The quantitative estimate of drug-likeness (QED) is 0.632. The van der Waals surface area contributed by atoms with E-state index in [1.165, 1.54) is 27.6 Å². The van der Waals surface area contributed by atoms with Crippen LogP contribution in [-0.4, -0.2) is 41.5 Å². The van der Waals surface area contributed by atoms with Crippen molar-refractivity contribution in [1.29, 1.82) is 0 Å². The molecule has 0 amide bonds. The van der Waals surface area contributed by atoms with Crippen LogP contribution >= 0.6 is 0 Å². The molecule has 0 unspecified atom stereocenters. The Bertz CT molecular complexity index is 1150. The third-order valence-corrected chi connectivity index (χ3v) is 4.60. The number of carboxylic acid groups (broad SMARTS) is 1. The molecule has 8 nitrogen and oxygen atoms in total. The van der Waals surface area contributed by atoms with E-state index in [9.17, 15) is 18.4 Å². The summed E-state index contributed by atoms with van der Waals surface area (Å²) in [6, 6.07) is 5.97. The molecule has 0 spiro atoms. The Morgan fingerprint density at radius 1 is 1.23 bits per heavy atom. The van der Waals surface area contributed by atoms with Crippen LogP contribution in [0.3, 0.4) is 0 Å². The topological polar surface area (TPSA) is 103 Å². The smallest absolute Gasteiger partial charge is 0.307 e. The number of aryl methyl sites for hydroxylation is 2. The minimum Gasteiger partial charge on any atom is -0.481 e. The second-order valence-corrected chi connectivity index (χ2v) is 7.27. The van der Waals surface area contributed by atoms with Gasteiger partial charge in [0.25, 0.3) is 5.56 Å². The fourth-order valence-corrected chi connectivity index (χ4v) is 3.15. The SMILES string of the molecule is Cc1nc(-c2nnn(C)c2Cn2cc(CC(C)(F)F)ccc2=O)ccc1CC(=O)O. The first-order valence-electron chi connectivity index (χ1n) is 9.18. The Kier molecular flexibility index (Phi) is 5.77. The van der Waals surface area contributed by atoms with Gasteiger partial charge in [0, 0.05) is 31.4 Å². The molecule has 0 atom stereocenters. The van der Waals surface area contributed by atoms with E-state index < -0.39 is 18.3 Å². The second-order valence-electron chi connectivity index (χ2n) is 7.27. The van der Waals surface area contributed by atoms with Gasteiger partial charge in [-0.2, -0.15) is 0 Å². The number of aromatic nitrogens is 5. The van der Waals surface area contributed by atoms with Crippen molar-refractivity contribution < 1.29 is 18.7 Å². The van der Waals surface area contributed by atoms with Crippen molar-refractivity contribution in [2.75, 3.05) is 0 Å². The summed E-state index contributed by atoms with van der Waals surface area (Å²) in [5, 5.41) is 17.1. The lowest BCUT2D eigenvalue weighted by atomic mass is 10.1. The van der Waals surface area contributed by atoms with Gasteiger partial charge in [0.2, 0.25) is 5.92 Å². The molecule has 0 saturated heterocycles. The van der Waals surface area contributed by atoms with E-state index in [0.717, 1.165) is 6.92 Å². The van der Waals surface area contributed by atoms with Crippen LogP contribution in [0, 0.1) is 6.92 Å². The summed E-state index contributed by atoms with van der Waals surface area (Å²) in [7, 11) is 1.66. The highest BCUT2D eigenvalue weighted by atomic mass is 19.3. The van der Waals surface area contributed by atoms with Gasteiger partial charge in [-0.25, -0.2) is 13.5 Å². The molecular weight excluding hydrogens is 396 g/mol. The molecule has 158 valence electrons. The van der Waals surface area contributed by atoms with E-state index in [1.807, 2.05) is 0 Å². The third kappa shape index (κ3) is 4.94. The van der Waals surface area contributed by atoms with Gasteiger partial charge in [-0.3, -0.25) is 14.6 Å². The number of carbonyl (C=O) groups is 1. The van der Waals surface area contributed by atoms with E-state index in [1.54, 1.807) is 26.1 Å². The van der Waals surface area contributed by atoms with Gasteiger partial charge in [-0.15, -0.1) is 5.10 Å². The maximum absolute atomic E-state index is 13.4. The zero-order chi connectivity index (χ0) is 22.1. The first kappa shape index (κ1) is 21.3. The number of rotatable bonds is 7. The average molecular weight is 417 g/mol. The average Bonchev–Trinajstić information content (AvgIpc) is 2.99. The zero-order valence-corrected chi connectivity index (χ0v) is 16.8. The van der Waals surface area contributed by atoms with Crippen molar-refractivity contribution in [3.8, 4) is 11.4 Å². The van der Waals surface area contributed by atoms with Gasteiger partial charge in [-0.05, 0) is 31.0 Å². The molecule has 0 aliphatic heterocycles. The van der Waals surface area contributed by atoms with Crippen LogP contribution in [0.2, 0.25) is 0 Å². The Labute approximate surface area is 170 Å². The normalized spacial score (nSPS) is 11.6. The highest BCUT2D eigenvalue weighted by molar-refractivity contribution is 5.71. The van der Waals surface area contributed by atoms with E-state index in [0.29, 0.717) is 33.9 Å². The lowest BCUT2D eigenvalue weighted by Gasteiger charge is -2.13. The molecule has 3 aromatic rings. The summed E-state index contributed by atoms with van der Waals surface area (Å²) in [6.07, 6.45) is 0.789. The number of nitrogens with zero attached hydrogens (tertiary/aromatic N) is 5. The van der Waals surface area contributed by atoms with Crippen LogP contribution in [0.5, 0.6) is 0 Å². The maximum atomic E-state index is 13.4. The largest absolute Gasteiger partial charge is 0.481 e. The van der Waals surface area contributed by atoms with E-state index in [4.69, 9.17) is 5.11 Å². The van der Waals surface area contributed by atoms with Crippen molar-refractivity contribution in [3.63, 3.8) is 0 Å². The Morgan fingerprint density at radius 3 is 2.60 bits per heavy atom. The Balaban J connectivity index is 1.96. The summed E-state index contributed by atoms with van der Waals surface area (Å²) < 4.78 is 29.5. The van der Waals surface area contributed by atoms with Crippen LogP contribution in [-0.2, 0) is 31.2 Å². The van der Waals surface area contributed by atoms with E-state index in [2.05, 4.69) is 15.3 Å². The van der Waals surface area contributed by atoms with Crippen molar-refractivity contribution in [2.45, 2.75) is 39.2 Å². The molecule has 0 bridgehead atoms. The number of halogens is 2. The van der Waals surface area contributed by atoms with Gasteiger partial charge in [0.05, 0.1) is 24.4 Å². The lowest BCUT2D eigenvalue weighted by molar-refractivity contribution is -0.136.